The number of unbranched alkanes of at least 4 members (excludes halogenated alkanes) is 10. The van der Waals surface area contributed by atoms with Crippen molar-refractivity contribution in [3.05, 3.63) is 35.9 Å². The number of nitrogens with zero attached hydrogens (tertiary/aromatic N) is 1. The van der Waals surface area contributed by atoms with Gasteiger partial charge in [0.05, 0.1) is 30.5 Å². The quantitative estimate of drug-likeness (QED) is 0.121. The van der Waals surface area contributed by atoms with E-state index in [-0.39, 0.29) is 31.4 Å². The van der Waals surface area contributed by atoms with E-state index in [9.17, 15) is 24.9 Å². The van der Waals surface area contributed by atoms with Crippen LogP contribution in [0.25, 0.3) is 0 Å². The molecule has 12 heteroatoms. The highest BCUT2D eigenvalue weighted by Crippen LogP contribution is 2.80. The summed E-state index contributed by atoms with van der Waals surface area (Å²) in [7, 11) is 8.38. The number of methoxy groups -OCH3 is 4. The molecule has 57 heavy (non-hydrogen) atoms. The molecule has 1 aromatic carbocycles. The van der Waals surface area contributed by atoms with Crippen molar-refractivity contribution in [3.8, 4) is 0 Å². The van der Waals surface area contributed by atoms with Crippen LogP contribution in [0.2, 0.25) is 0 Å². The highest BCUT2D eigenvalue weighted by molar-refractivity contribution is 5.89. The van der Waals surface area contributed by atoms with Crippen LogP contribution in [0.4, 0.5) is 0 Å². The first-order valence-corrected chi connectivity index (χ1v) is 21.8. The van der Waals surface area contributed by atoms with Crippen LogP contribution in [0.1, 0.15) is 107 Å². The Morgan fingerprint density at radius 1 is 0.842 bits per heavy atom. The Morgan fingerprint density at radius 2 is 1.49 bits per heavy atom. The second kappa shape index (κ2) is 17.1. The molecular weight excluding hydrogens is 730 g/mol. The molecule has 6 fully saturated rings. The minimum atomic E-state index is -1.84. The van der Waals surface area contributed by atoms with Gasteiger partial charge in [-0.25, -0.2) is 4.79 Å². The second-order valence-electron chi connectivity index (χ2n) is 18.4. The molecule has 15 atom stereocenters. The zero-order valence-corrected chi connectivity index (χ0v) is 35.1. The third kappa shape index (κ3) is 6.44. The first-order valence-electron chi connectivity index (χ1n) is 21.8. The number of carbonyl (C=O) groups is 2. The standard InChI is InChI=1S/C45H69NO11/c1-7-8-9-10-11-12-13-14-15-16-20-23-32(48)57-45-33-29(25-43(51,40(55-6)38(45)49)39(33)56-41(50)28-21-18-17-19-22-28)44-31(53-4)24-30(47)42(27-52-3)26-46(2)37(44)34(45)35(54-5)36(42)44/h17-19,21-22,29-31,33-40,47,49,51H,7-16,20,23-27H2,1-6H3/t29-,30-,31+,33-,34+,35+,36-,37?,38+,39-,40+,42+,43-,44+,45-/m1/s1. The molecule has 1 aliphatic heterocycles. The maximum absolute atomic E-state index is 14.4. The molecule has 320 valence electrons. The normalized spacial score (nSPS) is 42.6. The highest BCUT2D eigenvalue weighted by atomic mass is 16.6. The number of esters is 2. The van der Waals surface area contributed by atoms with Crippen molar-refractivity contribution in [1.29, 1.82) is 0 Å². The maximum Gasteiger partial charge on any atom is 0.338 e. The molecule has 7 rings (SSSR count). The average Bonchev–Trinajstić information content (AvgIpc) is 3.59. The summed E-state index contributed by atoms with van der Waals surface area (Å²) in [4.78, 5) is 30.7. The number of hydrogen-bond acceptors (Lipinski definition) is 12. The van der Waals surface area contributed by atoms with Gasteiger partial charge in [0.25, 0.3) is 0 Å². The van der Waals surface area contributed by atoms with Crippen LogP contribution in [0, 0.1) is 34.5 Å². The molecule has 1 heterocycles. The lowest BCUT2D eigenvalue weighted by Gasteiger charge is -2.70. The first kappa shape index (κ1) is 42.9. The molecule has 5 aliphatic carbocycles. The number of fused-ring (bicyclic) bond motifs is 2. The third-order valence-electron chi connectivity index (χ3n) is 15.8. The van der Waals surface area contributed by atoms with Gasteiger partial charge in [0.2, 0.25) is 0 Å². The van der Waals surface area contributed by atoms with Crippen LogP contribution >= 0.6 is 0 Å². The molecule has 12 nitrogen and oxygen atoms in total. The Balaban J connectivity index is 1.27. The molecule has 7 bridgehead atoms. The molecule has 1 spiro atoms. The van der Waals surface area contributed by atoms with Crippen molar-refractivity contribution >= 4 is 11.9 Å². The Morgan fingerprint density at radius 3 is 2.09 bits per heavy atom. The molecule has 1 aromatic rings. The minimum Gasteiger partial charge on any atom is -0.455 e. The van der Waals surface area contributed by atoms with Gasteiger partial charge in [-0.2, -0.15) is 0 Å². The fourth-order valence-electron chi connectivity index (χ4n) is 14.1. The van der Waals surface area contributed by atoms with Crippen LogP contribution in [0.3, 0.4) is 0 Å². The van der Waals surface area contributed by atoms with Crippen molar-refractivity contribution in [2.45, 2.75) is 151 Å². The number of aliphatic hydroxyl groups is 3. The maximum atomic E-state index is 14.4. The second-order valence-corrected chi connectivity index (χ2v) is 18.4. The molecule has 5 saturated carbocycles. The lowest BCUT2D eigenvalue weighted by atomic mass is 9.42. The smallest absolute Gasteiger partial charge is 0.338 e. The van der Waals surface area contributed by atoms with Gasteiger partial charge in [-0.15, -0.1) is 0 Å². The van der Waals surface area contributed by atoms with E-state index in [0.29, 0.717) is 24.9 Å². The van der Waals surface area contributed by atoms with Gasteiger partial charge in [0.1, 0.15) is 23.9 Å². The van der Waals surface area contributed by atoms with Crippen molar-refractivity contribution in [2.75, 3.05) is 48.6 Å². The summed E-state index contributed by atoms with van der Waals surface area (Å²) < 4.78 is 38.4. The average molecular weight is 800 g/mol. The predicted octanol–water partition coefficient (Wildman–Crippen LogP) is 4.94. The van der Waals surface area contributed by atoms with Gasteiger partial charge in [-0.1, -0.05) is 89.3 Å². The summed E-state index contributed by atoms with van der Waals surface area (Å²) in [6.07, 6.45) is 7.21. The summed E-state index contributed by atoms with van der Waals surface area (Å²) in [6, 6.07) is 8.28. The molecule has 0 aromatic heterocycles. The largest absolute Gasteiger partial charge is 0.455 e. The van der Waals surface area contributed by atoms with Crippen LogP contribution in [0.15, 0.2) is 30.3 Å². The van der Waals surface area contributed by atoms with Crippen molar-refractivity contribution < 1.29 is 53.3 Å². The van der Waals surface area contributed by atoms with Gasteiger partial charge in [0.15, 0.2) is 5.60 Å². The van der Waals surface area contributed by atoms with Crippen LogP contribution in [0.5, 0.6) is 0 Å². The van der Waals surface area contributed by atoms with Crippen LogP contribution in [-0.4, -0.2) is 135 Å². The Hall–Kier alpha value is -2.16. The number of carbonyl (C=O) groups excluding carboxylic acids is 2. The van der Waals surface area contributed by atoms with Gasteiger partial charge in [0, 0.05) is 82.5 Å². The monoisotopic (exact) mass is 799 g/mol. The van der Waals surface area contributed by atoms with E-state index in [1.165, 1.54) is 52.1 Å². The molecule has 0 radical (unpaired) electrons. The van der Waals surface area contributed by atoms with E-state index in [2.05, 4.69) is 11.8 Å². The number of aliphatic hydroxyl groups excluding tert-OH is 2. The Kier molecular flexibility index (Phi) is 12.9. The lowest BCUT2D eigenvalue weighted by molar-refractivity contribution is -0.321. The Bertz CT molecular complexity index is 1550. The van der Waals surface area contributed by atoms with Crippen molar-refractivity contribution in [1.82, 2.24) is 4.90 Å². The molecule has 1 unspecified atom stereocenters. The van der Waals surface area contributed by atoms with E-state index >= 15 is 0 Å². The number of rotatable bonds is 20. The molecule has 1 saturated heterocycles. The minimum absolute atomic E-state index is 0.0842. The first-order chi connectivity index (χ1) is 27.5. The van der Waals surface area contributed by atoms with E-state index < -0.39 is 88.3 Å². The van der Waals surface area contributed by atoms with Crippen LogP contribution < -0.4 is 0 Å². The van der Waals surface area contributed by atoms with Crippen LogP contribution in [-0.2, 0) is 33.2 Å². The number of benzene rings is 1. The number of ether oxygens (including phenoxy) is 6. The summed E-state index contributed by atoms with van der Waals surface area (Å²) >= 11 is 0. The zero-order valence-electron chi connectivity index (χ0n) is 35.1. The zero-order chi connectivity index (χ0) is 40.8. The topological polar surface area (TPSA) is 153 Å². The van der Waals surface area contributed by atoms with E-state index in [1.807, 2.05) is 13.1 Å². The van der Waals surface area contributed by atoms with Gasteiger partial charge in [-0.3, -0.25) is 4.79 Å². The molecule has 6 aliphatic rings. The molecule has 3 N–H and O–H groups in total. The van der Waals surface area contributed by atoms with E-state index in [1.54, 1.807) is 45.6 Å². The summed E-state index contributed by atoms with van der Waals surface area (Å²) in [6.45, 7) is 2.95. The van der Waals surface area contributed by atoms with E-state index in [0.717, 1.165) is 19.3 Å². The fourth-order valence-corrected chi connectivity index (χ4v) is 14.1. The van der Waals surface area contributed by atoms with Gasteiger partial charge in [-0.05, 0) is 37.9 Å². The number of likely N-dealkylation sites (tertiary alicyclic amines) is 1. The molecular formula is C45H69NO11. The SMILES string of the molecule is CCCCCCCCCCCCCC(=O)O[C@]12[C@H]3[C@@H](OC(=O)c4ccccc4)[C@](O)(C[C@H]3[C@@]34C5[C@@H]1[C@H](OC)[C@@H]3[C@](COC)(CN5C)[C@H](O)C[C@@H]4OC)[C@@H](OC)[C@@H]2O. The Labute approximate surface area is 339 Å². The van der Waals surface area contributed by atoms with E-state index in [4.69, 9.17) is 28.4 Å². The highest BCUT2D eigenvalue weighted by Gasteiger charge is 2.92. The van der Waals surface area contributed by atoms with Gasteiger partial charge >= 0.3 is 11.9 Å². The fraction of sp³-hybridized carbons (Fsp3) is 0.822. The predicted molar refractivity (Wildman–Crippen MR) is 211 cm³/mol. The van der Waals surface area contributed by atoms with Crippen molar-refractivity contribution in [2.24, 2.45) is 34.5 Å². The lowest BCUT2D eigenvalue weighted by Crippen LogP contribution is -2.81. The molecule has 0 amide bonds. The number of piperidine rings is 1. The third-order valence-corrected chi connectivity index (χ3v) is 15.8. The summed E-state index contributed by atoms with van der Waals surface area (Å²) in [5.41, 5.74) is -4.82. The number of hydrogen-bond donors (Lipinski definition) is 3. The summed E-state index contributed by atoms with van der Waals surface area (Å²) in [5, 5.41) is 38.1. The summed E-state index contributed by atoms with van der Waals surface area (Å²) in [5.74, 6) is -3.48. The van der Waals surface area contributed by atoms with Gasteiger partial charge < -0.3 is 48.6 Å². The van der Waals surface area contributed by atoms with Crippen molar-refractivity contribution in [3.63, 3.8) is 0 Å².